The van der Waals surface area contributed by atoms with E-state index in [-0.39, 0.29) is 5.91 Å². The van der Waals surface area contributed by atoms with E-state index in [1.807, 2.05) is 19.9 Å². The standard InChI is InChI=1S/C15H17N3O2/c1-3-20-14-7-5-11(9-17-14)18-15(19)12-8-10(2)4-6-13(12)16/h4-9H,3,16H2,1-2H3,(H,18,19). The lowest BCUT2D eigenvalue weighted by Crippen LogP contribution is -2.14. The zero-order chi connectivity index (χ0) is 14.5. The van der Waals surface area contributed by atoms with Crippen LogP contribution in [0.15, 0.2) is 36.5 Å². The van der Waals surface area contributed by atoms with Gasteiger partial charge in [-0.1, -0.05) is 11.6 Å². The summed E-state index contributed by atoms with van der Waals surface area (Å²) in [4.78, 5) is 16.2. The number of nitrogens with one attached hydrogen (secondary N) is 1. The number of hydrogen-bond donors (Lipinski definition) is 2. The summed E-state index contributed by atoms with van der Waals surface area (Å²) in [6, 6.07) is 8.79. The maximum Gasteiger partial charge on any atom is 0.257 e. The number of carbonyl (C=O) groups excluding carboxylic acids is 1. The summed E-state index contributed by atoms with van der Waals surface area (Å²) < 4.78 is 5.24. The van der Waals surface area contributed by atoms with Gasteiger partial charge in [0.05, 0.1) is 24.1 Å². The van der Waals surface area contributed by atoms with Crippen LogP contribution in [0.1, 0.15) is 22.8 Å². The van der Waals surface area contributed by atoms with Gasteiger partial charge >= 0.3 is 0 Å². The molecule has 0 atom stereocenters. The SMILES string of the molecule is CCOc1ccc(NC(=O)c2cc(C)ccc2N)cn1. The van der Waals surface area contributed by atoms with Crippen LogP contribution in [0.3, 0.4) is 0 Å². The Labute approximate surface area is 117 Å². The number of aromatic nitrogens is 1. The molecule has 2 aromatic rings. The highest BCUT2D eigenvalue weighted by molar-refractivity contribution is 6.07. The van der Waals surface area contributed by atoms with Crippen LogP contribution in [0.5, 0.6) is 5.88 Å². The zero-order valence-corrected chi connectivity index (χ0v) is 11.5. The number of benzene rings is 1. The molecule has 0 aliphatic heterocycles. The predicted octanol–water partition coefficient (Wildman–Crippen LogP) is 2.62. The lowest BCUT2D eigenvalue weighted by molar-refractivity contribution is 0.102. The van der Waals surface area contributed by atoms with Gasteiger partial charge in [0, 0.05) is 11.8 Å². The van der Waals surface area contributed by atoms with Crippen molar-refractivity contribution in [1.82, 2.24) is 4.98 Å². The Morgan fingerprint density at radius 2 is 2.15 bits per heavy atom. The number of rotatable bonds is 4. The molecule has 0 radical (unpaired) electrons. The Balaban J connectivity index is 2.13. The topological polar surface area (TPSA) is 77.2 Å². The van der Waals surface area contributed by atoms with Crippen molar-refractivity contribution in [2.24, 2.45) is 0 Å². The van der Waals surface area contributed by atoms with Crippen molar-refractivity contribution in [3.8, 4) is 5.88 Å². The van der Waals surface area contributed by atoms with Crippen LogP contribution >= 0.6 is 0 Å². The van der Waals surface area contributed by atoms with E-state index in [2.05, 4.69) is 10.3 Å². The molecule has 104 valence electrons. The normalized spacial score (nSPS) is 10.1. The Morgan fingerprint density at radius 3 is 2.80 bits per heavy atom. The fourth-order valence-electron chi connectivity index (χ4n) is 1.75. The molecule has 1 heterocycles. The van der Waals surface area contributed by atoms with E-state index in [0.717, 1.165) is 5.56 Å². The number of pyridine rings is 1. The minimum Gasteiger partial charge on any atom is -0.478 e. The van der Waals surface area contributed by atoms with Crippen molar-refractivity contribution in [1.29, 1.82) is 0 Å². The molecule has 1 aromatic carbocycles. The number of anilines is 2. The first-order valence-electron chi connectivity index (χ1n) is 6.36. The van der Waals surface area contributed by atoms with E-state index in [4.69, 9.17) is 10.5 Å². The van der Waals surface area contributed by atoms with E-state index in [0.29, 0.717) is 29.4 Å². The first-order valence-corrected chi connectivity index (χ1v) is 6.36. The van der Waals surface area contributed by atoms with Gasteiger partial charge < -0.3 is 15.8 Å². The second-order valence-electron chi connectivity index (χ2n) is 4.36. The van der Waals surface area contributed by atoms with Crippen LogP contribution in [0.25, 0.3) is 0 Å². The van der Waals surface area contributed by atoms with Gasteiger partial charge in [-0.25, -0.2) is 4.98 Å². The number of nitrogens with two attached hydrogens (primary N) is 1. The lowest BCUT2D eigenvalue weighted by Gasteiger charge is -2.09. The number of aryl methyl sites for hydroxylation is 1. The van der Waals surface area contributed by atoms with Gasteiger partial charge in [0.2, 0.25) is 5.88 Å². The zero-order valence-electron chi connectivity index (χ0n) is 11.5. The molecule has 0 aliphatic rings. The van der Waals surface area contributed by atoms with Gasteiger partial charge in [-0.2, -0.15) is 0 Å². The number of ether oxygens (including phenoxy) is 1. The number of amides is 1. The maximum absolute atomic E-state index is 12.1. The molecule has 0 unspecified atom stereocenters. The van der Waals surface area contributed by atoms with Crippen molar-refractivity contribution in [2.45, 2.75) is 13.8 Å². The van der Waals surface area contributed by atoms with E-state index >= 15 is 0 Å². The third kappa shape index (κ3) is 3.26. The fourth-order valence-corrected chi connectivity index (χ4v) is 1.75. The van der Waals surface area contributed by atoms with Crippen molar-refractivity contribution in [3.63, 3.8) is 0 Å². The molecule has 0 bridgehead atoms. The highest BCUT2D eigenvalue weighted by Gasteiger charge is 2.10. The molecule has 0 fully saturated rings. The maximum atomic E-state index is 12.1. The van der Waals surface area contributed by atoms with Crippen LogP contribution in [0.2, 0.25) is 0 Å². The Hall–Kier alpha value is -2.56. The Bertz CT molecular complexity index is 609. The quantitative estimate of drug-likeness (QED) is 0.838. The summed E-state index contributed by atoms with van der Waals surface area (Å²) in [7, 11) is 0. The van der Waals surface area contributed by atoms with Gasteiger partial charge in [0.15, 0.2) is 0 Å². The summed E-state index contributed by atoms with van der Waals surface area (Å²) in [6.07, 6.45) is 1.55. The molecule has 0 aliphatic carbocycles. The van der Waals surface area contributed by atoms with Crippen LogP contribution in [-0.4, -0.2) is 17.5 Å². The minimum atomic E-state index is -0.253. The molecule has 0 saturated heterocycles. The van der Waals surface area contributed by atoms with Gasteiger partial charge in [-0.15, -0.1) is 0 Å². The van der Waals surface area contributed by atoms with Crippen LogP contribution in [0.4, 0.5) is 11.4 Å². The summed E-state index contributed by atoms with van der Waals surface area (Å²) >= 11 is 0. The summed E-state index contributed by atoms with van der Waals surface area (Å²) in [5.74, 6) is 0.276. The average molecular weight is 271 g/mol. The third-order valence-corrected chi connectivity index (χ3v) is 2.74. The van der Waals surface area contributed by atoms with E-state index in [1.165, 1.54) is 0 Å². The molecular weight excluding hydrogens is 254 g/mol. The van der Waals surface area contributed by atoms with Crippen molar-refractivity contribution in [2.75, 3.05) is 17.7 Å². The van der Waals surface area contributed by atoms with Crippen LogP contribution in [0, 0.1) is 6.92 Å². The van der Waals surface area contributed by atoms with Crippen molar-refractivity contribution < 1.29 is 9.53 Å². The highest BCUT2D eigenvalue weighted by Crippen LogP contribution is 2.17. The molecule has 1 amide bonds. The number of nitrogen functional groups attached to an aromatic ring is 1. The number of nitrogens with zero attached hydrogens (tertiary/aromatic N) is 1. The highest BCUT2D eigenvalue weighted by atomic mass is 16.5. The van der Waals surface area contributed by atoms with Crippen molar-refractivity contribution >= 4 is 17.3 Å². The number of hydrogen-bond acceptors (Lipinski definition) is 4. The molecule has 5 heteroatoms. The smallest absolute Gasteiger partial charge is 0.257 e. The largest absolute Gasteiger partial charge is 0.478 e. The molecular formula is C15H17N3O2. The molecule has 5 nitrogen and oxygen atoms in total. The molecule has 2 rings (SSSR count). The Morgan fingerprint density at radius 1 is 1.35 bits per heavy atom. The van der Waals surface area contributed by atoms with Crippen LogP contribution < -0.4 is 15.8 Å². The first kappa shape index (κ1) is 13.9. The number of carbonyl (C=O) groups is 1. The van der Waals surface area contributed by atoms with Gasteiger partial charge in [-0.05, 0) is 32.0 Å². The molecule has 1 aromatic heterocycles. The van der Waals surface area contributed by atoms with Gasteiger partial charge in [0.25, 0.3) is 5.91 Å². The molecule has 0 spiro atoms. The molecule has 0 saturated carbocycles. The predicted molar refractivity (Wildman–Crippen MR) is 79.0 cm³/mol. The first-order chi connectivity index (χ1) is 9.60. The summed E-state index contributed by atoms with van der Waals surface area (Å²) in [6.45, 7) is 4.35. The summed E-state index contributed by atoms with van der Waals surface area (Å²) in [5, 5.41) is 2.76. The monoisotopic (exact) mass is 271 g/mol. The average Bonchev–Trinajstić information content (AvgIpc) is 2.44. The van der Waals surface area contributed by atoms with E-state index < -0.39 is 0 Å². The molecule has 3 N–H and O–H groups in total. The molecule has 20 heavy (non-hydrogen) atoms. The lowest BCUT2D eigenvalue weighted by atomic mass is 10.1. The van der Waals surface area contributed by atoms with Gasteiger partial charge in [0.1, 0.15) is 0 Å². The van der Waals surface area contributed by atoms with E-state index in [9.17, 15) is 4.79 Å². The fraction of sp³-hybridized carbons (Fsp3) is 0.200. The Kier molecular flexibility index (Phi) is 4.20. The third-order valence-electron chi connectivity index (χ3n) is 2.74. The van der Waals surface area contributed by atoms with Crippen LogP contribution in [-0.2, 0) is 0 Å². The van der Waals surface area contributed by atoms with Crippen molar-refractivity contribution in [3.05, 3.63) is 47.7 Å². The summed E-state index contributed by atoms with van der Waals surface area (Å²) in [5.41, 5.74) is 8.30. The second-order valence-corrected chi connectivity index (χ2v) is 4.36. The van der Waals surface area contributed by atoms with Gasteiger partial charge in [-0.3, -0.25) is 4.79 Å². The minimum absolute atomic E-state index is 0.253. The van der Waals surface area contributed by atoms with E-state index in [1.54, 1.807) is 30.5 Å². The second kappa shape index (κ2) is 6.06.